The summed E-state index contributed by atoms with van der Waals surface area (Å²) in [5, 5.41) is 3.24. The topological polar surface area (TPSA) is 49.6 Å². The van der Waals surface area contributed by atoms with E-state index in [1.807, 2.05) is 32.3 Å². The second-order valence-electron chi connectivity index (χ2n) is 4.46. The molecule has 0 saturated heterocycles. The van der Waals surface area contributed by atoms with E-state index in [-0.39, 0.29) is 5.56 Å². The third kappa shape index (κ3) is 2.72. The zero-order chi connectivity index (χ0) is 13.0. The lowest BCUT2D eigenvalue weighted by molar-refractivity contribution is 0.446. The normalized spacial score (nSPS) is 15.4. The Morgan fingerprint density at radius 2 is 2.33 bits per heavy atom. The number of aliphatic imine (C=N–C) groups is 1. The van der Waals surface area contributed by atoms with Crippen molar-refractivity contribution >= 4 is 5.96 Å². The van der Waals surface area contributed by atoms with Crippen molar-refractivity contribution in [2.45, 2.75) is 26.4 Å². The van der Waals surface area contributed by atoms with E-state index in [1.54, 1.807) is 4.57 Å². The molecule has 0 unspecified atom stereocenters. The summed E-state index contributed by atoms with van der Waals surface area (Å²) >= 11 is 0. The van der Waals surface area contributed by atoms with E-state index in [0.717, 1.165) is 31.0 Å². The molecule has 0 bridgehead atoms. The molecule has 1 aliphatic heterocycles. The highest BCUT2D eigenvalue weighted by atomic mass is 16.1. The van der Waals surface area contributed by atoms with Crippen LogP contribution in [0.1, 0.15) is 18.9 Å². The van der Waals surface area contributed by atoms with Gasteiger partial charge in [0.25, 0.3) is 5.56 Å². The zero-order valence-corrected chi connectivity index (χ0v) is 11.0. The highest BCUT2D eigenvalue weighted by molar-refractivity contribution is 5.80. The van der Waals surface area contributed by atoms with Gasteiger partial charge in [-0.15, -0.1) is 0 Å². The largest absolute Gasteiger partial charge is 0.352 e. The molecule has 18 heavy (non-hydrogen) atoms. The van der Waals surface area contributed by atoms with Crippen molar-refractivity contribution in [3.63, 3.8) is 0 Å². The molecular weight excluding hydrogens is 228 g/mol. The zero-order valence-electron chi connectivity index (χ0n) is 11.0. The Hall–Kier alpha value is -1.78. The number of aryl methyl sites for hydroxylation is 1. The number of hydrogen-bond acceptors (Lipinski definition) is 4. The molecule has 0 fully saturated rings. The molecule has 0 amide bonds. The molecule has 2 rings (SSSR count). The molecule has 5 nitrogen and oxygen atoms in total. The molecule has 1 aliphatic rings. The first-order valence-electron chi connectivity index (χ1n) is 6.40. The molecular formula is C13H20N4O. The molecule has 5 heteroatoms. The maximum atomic E-state index is 12.0. The molecule has 0 aromatic carbocycles. The molecule has 1 N–H and O–H groups in total. The fourth-order valence-electron chi connectivity index (χ4n) is 2.05. The number of guanidine groups is 1. The van der Waals surface area contributed by atoms with Crippen LogP contribution >= 0.6 is 0 Å². The summed E-state index contributed by atoms with van der Waals surface area (Å²) < 4.78 is 1.71. The van der Waals surface area contributed by atoms with Crippen molar-refractivity contribution in [3.05, 3.63) is 34.2 Å². The summed E-state index contributed by atoms with van der Waals surface area (Å²) in [6.07, 6.45) is 2.91. The average Bonchev–Trinajstić information content (AvgIpc) is 2.39. The van der Waals surface area contributed by atoms with Crippen LogP contribution in [0.2, 0.25) is 0 Å². The first-order chi connectivity index (χ1) is 8.72. The van der Waals surface area contributed by atoms with Crippen LogP contribution in [0.5, 0.6) is 0 Å². The molecule has 1 aromatic heterocycles. The SMILES string of the molecule is CCn1cccc(CNC2=NCCCN2C)c1=O. The highest BCUT2D eigenvalue weighted by Gasteiger charge is 2.11. The highest BCUT2D eigenvalue weighted by Crippen LogP contribution is 1.99. The average molecular weight is 248 g/mol. The standard InChI is InChI=1S/C13H20N4O/c1-3-17-9-4-6-11(12(17)18)10-15-13-14-7-5-8-16(13)2/h4,6,9H,3,5,7-8,10H2,1-2H3,(H,14,15). The number of hydrogen-bond donors (Lipinski definition) is 1. The lowest BCUT2D eigenvalue weighted by Gasteiger charge is -2.25. The molecule has 0 atom stereocenters. The fourth-order valence-corrected chi connectivity index (χ4v) is 2.05. The summed E-state index contributed by atoms with van der Waals surface area (Å²) in [7, 11) is 2.01. The fraction of sp³-hybridized carbons (Fsp3) is 0.538. The maximum Gasteiger partial charge on any atom is 0.255 e. The lowest BCUT2D eigenvalue weighted by atomic mass is 10.2. The van der Waals surface area contributed by atoms with Gasteiger partial charge in [-0.05, 0) is 19.4 Å². The van der Waals surface area contributed by atoms with E-state index >= 15 is 0 Å². The van der Waals surface area contributed by atoms with Gasteiger partial charge in [-0.3, -0.25) is 9.79 Å². The smallest absolute Gasteiger partial charge is 0.255 e. The Bertz CT molecular complexity index is 492. The van der Waals surface area contributed by atoms with Gasteiger partial charge in [0.1, 0.15) is 0 Å². The number of pyridine rings is 1. The van der Waals surface area contributed by atoms with Crippen LogP contribution in [0.4, 0.5) is 0 Å². The Labute approximate surface area is 107 Å². The quantitative estimate of drug-likeness (QED) is 0.854. The first kappa shape index (κ1) is 12.7. The molecule has 98 valence electrons. The van der Waals surface area contributed by atoms with Gasteiger partial charge in [-0.25, -0.2) is 0 Å². The van der Waals surface area contributed by atoms with Gasteiger partial charge in [0, 0.05) is 45.0 Å². The third-order valence-electron chi connectivity index (χ3n) is 3.15. The van der Waals surface area contributed by atoms with Crippen molar-refractivity contribution < 1.29 is 0 Å². The van der Waals surface area contributed by atoms with Gasteiger partial charge < -0.3 is 14.8 Å². The predicted octanol–water partition coefficient (Wildman–Crippen LogP) is 0.649. The molecule has 2 heterocycles. The summed E-state index contributed by atoms with van der Waals surface area (Å²) in [6, 6.07) is 3.78. The number of nitrogens with one attached hydrogen (secondary N) is 1. The van der Waals surface area contributed by atoms with Gasteiger partial charge >= 0.3 is 0 Å². The van der Waals surface area contributed by atoms with Crippen molar-refractivity contribution in [1.82, 2.24) is 14.8 Å². The van der Waals surface area contributed by atoms with Crippen LogP contribution in [0.25, 0.3) is 0 Å². The molecule has 0 saturated carbocycles. The maximum absolute atomic E-state index is 12.0. The monoisotopic (exact) mass is 248 g/mol. The van der Waals surface area contributed by atoms with E-state index < -0.39 is 0 Å². The van der Waals surface area contributed by atoms with Crippen LogP contribution < -0.4 is 10.9 Å². The van der Waals surface area contributed by atoms with Crippen molar-refractivity contribution in [2.75, 3.05) is 20.1 Å². The molecule has 0 radical (unpaired) electrons. The van der Waals surface area contributed by atoms with Gasteiger partial charge in [0.2, 0.25) is 0 Å². The van der Waals surface area contributed by atoms with Crippen molar-refractivity contribution in [1.29, 1.82) is 0 Å². The van der Waals surface area contributed by atoms with Crippen LogP contribution in [-0.4, -0.2) is 35.6 Å². The minimum atomic E-state index is 0.0755. The van der Waals surface area contributed by atoms with E-state index in [2.05, 4.69) is 15.2 Å². The van der Waals surface area contributed by atoms with E-state index in [4.69, 9.17) is 0 Å². The molecule has 1 aromatic rings. The lowest BCUT2D eigenvalue weighted by Crippen LogP contribution is -2.42. The predicted molar refractivity (Wildman–Crippen MR) is 72.8 cm³/mol. The van der Waals surface area contributed by atoms with Crippen LogP contribution in [0, 0.1) is 0 Å². The van der Waals surface area contributed by atoms with Crippen LogP contribution in [-0.2, 0) is 13.1 Å². The first-order valence-corrected chi connectivity index (χ1v) is 6.40. The second-order valence-corrected chi connectivity index (χ2v) is 4.46. The van der Waals surface area contributed by atoms with Gasteiger partial charge in [-0.1, -0.05) is 6.07 Å². The Balaban J connectivity index is 2.06. The van der Waals surface area contributed by atoms with Gasteiger partial charge in [-0.2, -0.15) is 0 Å². The van der Waals surface area contributed by atoms with Crippen molar-refractivity contribution in [3.8, 4) is 0 Å². The molecule has 0 aliphatic carbocycles. The Morgan fingerprint density at radius 1 is 1.50 bits per heavy atom. The summed E-state index contributed by atoms with van der Waals surface area (Å²) in [5.41, 5.74) is 0.854. The minimum absolute atomic E-state index is 0.0755. The number of rotatable bonds is 3. The summed E-state index contributed by atoms with van der Waals surface area (Å²) in [5.74, 6) is 0.882. The van der Waals surface area contributed by atoms with E-state index in [0.29, 0.717) is 13.1 Å². The van der Waals surface area contributed by atoms with Crippen LogP contribution in [0.15, 0.2) is 28.1 Å². The van der Waals surface area contributed by atoms with E-state index in [9.17, 15) is 4.79 Å². The Morgan fingerprint density at radius 3 is 3.06 bits per heavy atom. The van der Waals surface area contributed by atoms with E-state index in [1.165, 1.54) is 0 Å². The molecule has 0 spiro atoms. The second kappa shape index (κ2) is 5.71. The summed E-state index contributed by atoms with van der Waals surface area (Å²) in [6.45, 7) is 5.08. The number of nitrogens with zero attached hydrogens (tertiary/aromatic N) is 3. The summed E-state index contributed by atoms with van der Waals surface area (Å²) in [4.78, 5) is 18.5. The third-order valence-corrected chi connectivity index (χ3v) is 3.15. The Kier molecular flexibility index (Phi) is 4.02. The van der Waals surface area contributed by atoms with Crippen molar-refractivity contribution in [2.24, 2.45) is 4.99 Å². The van der Waals surface area contributed by atoms with Crippen LogP contribution in [0.3, 0.4) is 0 Å². The van der Waals surface area contributed by atoms with Gasteiger partial charge in [0.15, 0.2) is 5.96 Å². The van der Waals surface area contributed by atoms with Gasteiger partial charge in [0.05, 0.1) is 0 Å². The number of aromatic nitrogens is 1. The minimum Gasteiger partial charge on any atom is -0.352 e.